The Morgan fingerprint density at radius 3 is 2.36 bits per heavy atom. The smallest absolute Gasteiger partial charge is 0.363 e. The van der Waals surface area contributed by atoms with E-state index in [1.54, 1.807) is 24.3 Å². The van der Waals surface area contributed by atoms with Crippen LogP contribution in [0.2, 0.25) is 5.02 Å². The third kappa shape index (κ3) is 4.77. The second kappa shape index (κ2) is 8.29. The summed E-state index contributed by atoms with van der Waals surface area (Å²) in [4.78, 5) is 12.6. The molecule has 4 rings (SSSR count). The van der Waals surface area contributed by atoms with Gasteiger partial charge in [0.05, 0.1) is 17.3 Å². The van der Waals surface area contributed by atoms with E-state index < -0.39 is 53.7 Å². The van der Waals surface area contributed by atoms with Gasteiger partial charge in [0.25, 0.3) is 5.91 Å². The van der Waals surface area contributed by atoms with Crippen molar-refractivity contribution in [1.29, 1.82) is 0 Å². The topological polar surface area (TPSA) is 59.0 Å². The number of benzene rings is 2. The van der Waals surface area contributed by atoms with Crippen LogP contribution in [-0.4, -0.2) is 21.9 Å². The molecule has 1 aliphatic rings. The third-order valence-corrected chi connectivity index (χ3v) is 5.43. The fraction of sp³-hybridized carbons (Fsp3) is 0.238. The van der Waals surface area contributed by atoms with E-state index in [1.165, 1.54) is 6.07 Å². The van der Waals surface area contributed by atoms with E-state index in [4.69, 9.17) is 11.6 Å². The van der Waals surface area contributed by atoms with Crippen molar-refractivity contribution in [3.8, 4) is 0 Å². The predicted octanol–water partition coefficient (Wildman–Crippen LogP) is 6.47. The summed E-state index contributed by atoms with van der Waals surface area (Å²) < 4.78 is 81.5. The number of carbonyl (C=O) groups excluding carboxylic acids is 1. The SMILES string of the molecule is O=C(Nc1ccccc1C(F)(F)F)c1cc2n(n1)[C@H](C(F)(F)F)C[C@H](c1ccc(Cl)cc1)N2. The van der Waals surface area contributed by atoms with Crippen LogP contribution in [0, 0.1) is 0 Å². The molecule has 0 unspecified atom stereocenters. The summed E-state index contributed by atoms with van der Waals surface area (Å²) in [5.41, 5.74) is -1.52. The summed E-state index contributed by atoms with van der Waals surface area (Å²) in [6, 6.07) is 8.82. The number of nitrogens with one attached hydrogen (secondary N) is 2. The fourth-order valence-corrected chi connectivity index (χ4v) is 3.75. The maximum atomic E-state index is 13.8. The highest BCUT2D eigenvalue weighted by atomic mass is 35.5. The number of nitrogens with zero attached hydrogens (tertiary/aromatic N) is 2. The van der Waals surface area contributed by atoms with Crippen LogP contribution < -0.4 is 10.6 Å². The van der Waals surface area contributed by atoms with Crippen molar-refractivity contribution >= 4 is 29.0 Å². The molecule has 0 radical (unpaired) electrons. The average molecular weight is 489 g/mol. The van der Waals surface area contributed by atoms with Crippen LogP contribution in [0.4, 0.5) is 37.8 Å². The van der Waals surface area contributed by atoms with Crippen molar-refractivity contribution in [2.75, 3.05) is 10.6 Å². The molecule has 0 saturated carbocycles. The van der Waals surface area contributed by atoms with Gasteiger partial charge in [-0.25, -0.2) is 4.68 Å². The molecule has 1 aromatic heterocycles. The zero-order chi connectivity index (χ0) is 24.0. The van der Waals surface area contributed by atoms with Gasteiger partial charge in [0, 0.05) is 17.5 Å². The second-order valence-corrected chi connectivity index (χ2v) is 7.83. The van der Waals surface area contributed by atoms with Gasteiger partial charge in [-0.1, -0.05) is 35.9 Å². The molecule has 2 aromatic carbocycles. The van der Waals surface area contributed by atoms with Crippen LogP contribution in [0.25, 0.3) is 0 Å². The molecule has 1 amide bonds. The van der Waals surface area contributed by atoms with Gasteiger partial charge in [-0.15, -0.1) is 0 Å². The Kier molecular flexibility index (Phi) is 5.77. The Morgan fingerprint density at radius 2 is 1.73 bits per heavy atom. The first-order chi connectivity index (χ1) is 15.4. The number of amides is 1. The Labute approximate surface area is 188 Å². The Bertz CT molecular complexity index is 1170. The average Bonchev–Trinajstić information content (AvgIpc) is 3.17. The summed E-state index contributed by atoms with van der Waals surface area (Å²) in [6.45, 7) is 0. The zero-order valence-electron chi connectivity index (χ0n) is 16.5. The van der Waals surface area contributed by atoms with Gasteiger partial charge < -0.3 is 10.6 Å². The lowest BCUT2D eigenvalue weighted by Crippen LogP contribution is -2.35. The van der Waals surface area contributed by atoms with E-state index in [2.05, 4.69) is 15.7 Å². The highest BCUT2D eigenvalue weighted by molar-refractivity contribution is 6.30. The van der Waals surface area contributed by atoms with Gasteiger partial charge in [0.1, 0.15) is 5.82 Å². The molecule has 0 aliphatic carbocycles. The monoisotopic (exact) mass is 488 g/mol. The number of rotatable bonds is 3. The largest absolute Gasteiger partial charge is 0.418 e. The highest BCUT2D eigenvalue weighted by Crippen LogP contribution is 2.44. The van der Waals surface area contributed by atoms with Crippen LogP contribution in [0.3, 0.4) is 0 Å². The summed E-state index contributed by atoms with van der Waals surface area (Å²) in [5.74, 6) is -1.16. The van der Waals surface area contributed by atoms with Gasteiger partial charge in [-0.05, 0) is 29.8 Å². The molecule has 33 heavy (non-hydrogen) atoms. The maximum Gasteiger partial charge on any atom is 0.418 e. The van der Waals surface area contributed by atoms with Crippen molar-refractivity contribution in [1.82, 2.24) is 9.78 Å². The summed E-state index contributed by atoms with van der Waals surface area (Å²) in [6.07, 6.45) is -9.81. The van der Waals surface area contributed by atoms with Crippen LogP contribution in [0.5, 0.6) is 0 Å². The summed E-state index contributed by atoms with van der Waals surface area (Å²) in [7, 11) is 0. The second-order valence-electron chi connectivity index (χ2n) is 7.40. The fourth-order valence-electron chi connectivity index (χ4n) is 3.62. The number of anilines is 2. The van der Waals surface area contributed by atoms with Crippen molar-refractivity contribution in [2.45, 2.75) is 30.9 Å². The van der Waals surface area contributed by atoms with E-state index in [-0.39, 0.29) is 5.82 Å². The first-order valence-corrected chi connectivity index (χ1v) is 9.97. The molecule has 2 heterocycles. The zero-order valence-corrected chi connectivity index (χ0v) is 17.3. The molecule has 12 heteroatoms. The Hall–Kier alpha value is -3.21. The molecule has 2 atom stereocenters. The highest BCUT2D eigenvalue weighted by Gasteiger charge is 2.47. The number of para-hydroxylation sites is 1. The predicted molar refractivity (Wildman–Crippen MR) is 109 cm³/mol. The third-order valence-electron chi connectivity index (χ3n) is 5.18. The number of halogens is 7. The van der Waals surface area contributed by atoms with Gasteiger partial charge >= 0.3 is 12.4 Å². The Morgan fingerprint density at radius 1 is 1.06 bits per heavy atom. The molecule has 0 spiro atoms. The van der Waals surface area contributed by atoms with Crippen molar-refractivity contribution < 1.29 is 31.1 Å². The van der Waals surface area contributed by atoms with Crippen LogP contribution in [0.1, 0.15) is 40.1 Å². The van der Waals surface area contributed by atoms with Crippen LogP contribution >= 0.6 is 11.6 Å². The minimum absolute atomic E-state index is 0.0854. The minimum atomic E-state index is -4.73. The van der Waals surface area contributed by atoms with Crippen LogP contribution in [-0.2, 0) is 6.18 Å². The molecule has 5 nitrogen and oxygen atoms in total. The number of fused-ring (bicyclic) bond motifs is 1. The lowest BCUT2D eigenvalue weighted by molar-refractivity contribution is -0.173. The molecule has 3 aromatic rings. The number of carbonyl (C=O) groups is 1. The van der Waals surface area contributed by atoms with Gasteiger partial charge in [-0.3, -0.25) is 4.79 Å². The normalized spacial score (nSPS) is 18.4. The van der Waals surface area contributed by atoms with E-state index in [0.29, 0.717) is 15.3 Å². The minimum Gasteiger partial charge on any atom is -0.363 e. The lowest BCUT2D eigenvalue weighted by Gasteiger charge is -2.33. The maximum absolute atomic E-state index is 13.8. The molecule has 1 aliphatic heterocycles. The number of hydrogen-bond donors (Lipinski definition) is 2. The van der Waals surface area contributed by atoms with E-state index >= 15 is 0 Å². The molecular weight excluding hydrogens is 474 g/mol. The quantitative estimate of drug-likeness (QED) is 0.416. The van der Waals surface area contributed by atoms with E-state index in [9.17, 15) is 31.1 Å². The van der Waals surface area contributed by atoms with Crippen molar-refractivity contribution in [3.63, 3.8) is 0 Å². The van der Waals surface area contributed by atoms with Gasteiger partial charge in [-0.2, -0.15) is 31.4 Å². The molecule has 0 bridgehead atoms. The first kappa shape index (κ1) is 23.0. The lowest BCUT2D eigenvalue weighted by atomic mass is 9.97. The molecule has 174 valence electrons. The number of aromatic nitrogens is 2. The van der Waals surface area contributed by atoms with Crippen molar-refractivity contribution in [2.24, 2.45) is 0 Å². The van der Waals surface area contributed by atoms with E-state index in [1.807, 2.05) is 0 Å². The molecular formula is C21H15ClF6N4O. The molecule has 0 fully saturated rings. The standard InChI is InChI=1S/C21H15ClF6N4O/c22-12-7-5-11(6-8-12)15-9-17(21(26,27)28)32-18(29-15)10-16(31-32)19(33)30-14-4-2-1-3-13(14)20(23,24)25/h1-8,10,15,17,29H,9H2,(H,30,33)/t15-,17+/m1/s1. The van der Waals surface area contributed by atoms with E-state index in [0.717, 1.165) is 24.3 Å². The van der Waals surface area contributed by atoms with Gasteiger partial charge in [0.2, 0.25) is 0 Å². The summed E-state index contributed by atoms with van der Waals surface area (Å²) >= 11 is 5.85. The molecule has 2 N–H and O–H groups in total. The van der Waals surface area contributed by atoms with Gasteiger partial charge in [0.15, 0.2) is 11.7 Å². The Balaban J connectivity index is 1.65. The summed E-state index contributed by atoms with van der Waals surface area (Å²) in [5, 5.41) is 9.16. The van der Waals surface area contributed by atoms with Crippen molar-refractivity contribution in [3.05, 3.63) is 76.4 Å². The number of hydrogen-bond acceptors (Lipinski definition) is 3. The number of alkyl halides is 6. The van der Waals surface area contributed by atoms with Crippen LogP contribution in [0.15, 0.2) is 54.6 Å². The first-order valence-electron chi connectivity index (χ1n) is 9.59. The molecule has 0 saturated heterocycles.